The number of esters is 2. The SMILES string of the molecule is CCOC(=O)[C@@H]1C=C(C(C)(C)O)OC(=O)[C@@H]1Cc1ccc(C=O)cc1. The van der Waals surface area contributed by atoms with Crippen molar-refractivity contribution < 1.29 is 29.0 Å². The molecule has 6 heteroatoms. The summed E-state index contributed by atoms with van der Waals surface area (Å²) in [5, 5.41) is 10.1. The highest BCUT2D eigenvalue weighted by Crippen LogP contribution is 2.32. The van der Waals surface area contributed by atoms with Gasteiger partial charge in [0.05, 0.1) is 18.4 Å². The molecule has 0 amide bonds. The first-order chi connectivity index (χ1) is 11.8. The Morgan fingerprint density at radius 3 is 2.48 bits per heavy atom. The minimum absolute atomic E-state index is 0.0445. The van der Waals surface area contributed by atoms with Crippen LogP contribution in [0.2, 0.25) is 0 Å². The fourth-order valence-electron chi connectivity index (χ4n) is 2.64. The molecule has 0 bridgehead atoms. The second-order valence-corrected chi connectivity index (χ2v) is 6.46. The van der Waals surface area contributed by atoms with Crippen LogP contribution < -0.4 is 0 Å². The van der Waals surface area contributed by atoms with Crippen LogP contribution in [-0.4, -0.2) is 35.5 Å². The molecule has 1 N–H and O–H groups in total. The Morgan fingerprint density at radius 2 is 1.96 bits per heavy atom. The summed E-state index contributed by atoms with van der Waals surface area (Å²) >= 11 is 0. The van der Waals surface area contributed by atoms with Gasteiger partial charge in [-0.25, -0.2) is 0 Å². The van der Waals surface area contributed by atoms with Crippen molar-refractivity contribution >= 4 is 18.2 Å². The van der Waals surface area contributed by atoms with E-state index < -0.39 is 29.4 Å². The van der Waals surface area contributed by atoms with Crippen molar-refractivity contribution in [1.82, 2.24) is 0 Å². The normalized spacial score (nSPS) is 20.5. The quantitative estimate of drug-likeness (QED) is 0.626. The first-order valence-electron chi connectivity index (χ1n) is 8.13. The van der Waals surface area contributed by atoms with E-state index in [2.05, 4.69) is 0 Å². The number of carbonyl (C=O) groups excluding carboxylic acids is 3. The lowest BCUT2D eigenvalue weighted by Gasteiger charge is -2.31. The predicted molar refractivity (Wildman–Crippen MR) is 89.6 cm³/mol. The summed E-state index contributed by atoms with van der Waals surface area (Å²) < 4.78 is 10.3. The Bertz CT molecular complexity index is 681. The van der Waals surface area contributed by atoms with E-state index in [0.717, 1.165) is 11.8 Å². The van der Waals surface area contributed by atoms with Gasteiger partial charge in [-0.15, -0.1) is 0 Å². The average molecular weight is 346 g/mol. The molecule has 1 aromatic carbocycles. The molecule has 0 spiro atoms. The Hall–Kier alpha value is -2.47. The first kappa shape index (κ1) is 18.9. The number of rotatable bonds is 6. The molecule has 2 atom stereocenters. The van der Waals surface area contributed by atoms with Gasteiger partial charge in [-0.3, -0.25) is 14.4 Å². The van der Waals surface area contributed by atoms with Gasteiger partial charge in [0.1, 0.15) is 17.6 Å². The topological polar surface area (TPSA) is 89.9 Å². The van der Waals surface area contributed by atoms with Crippen LogP contribution >= 0.6 is 0 Å². The summed E-state index contributed by atoms with van der Waals surface area (Å²) in [6.07, 6.45) is 2.46. The molecule has 0 unspecified atom stereocenters. The highest BCUT2D eigenvalue weighted by Gasteiger charge is 2.42. The smallest absolute Gasteiger partial charge is 0.315 e. The zero-order valence-electron chi connectivity index (χ0n) is 14.5. The van der Waals surface area contributed by atoms with Crippen LogP contribution in [0.25, 0.3) is 0 Å². The lowest BCUT2D eigenvalue weighted by molar-refractivity contribution is -0.160. The number of cyclic esters (lactones) is 1. The third-order valence-electron chi connectivity index (χ3n) is 4.01. The molecule has 0 saturated heterocycles. The molecular formula is C19H22O6. The van der Waals surface area contributed by atoms with E-state index >= 15 is 0 Å². The van der Waals surface area contributed by atoms with E-state index in [1.165, 1.54) is 19.9 Å². The largest absolute Gasteiger partial charge is 0.466 e. The fourth-order valence-corrected chi connectivity index (χ4v) is 2.64. The first-order valence-corrected chi connectivity index (χ1v) is 8.13. The summed E-state index contributed by atoms with van der Waals surface area (Å²) in [7, 11) is 0. The number of hydrogen-bond acceptors (Lipinski definition) is 6. The molecular weight excluding hydrogens is 324 g/mol. The van der Waals surface area contributed by atoms with Crippen molar-refractivity contribution in [2.75, 3.05) is 6.61 Å². The number of hydrogen-bond donors (Lipinski definition) is 1. The average Bonchev–Trinajstić information content (AvgIpc) is 2.56. The molecule has 1 aliphatic heterocycles. The van der Waals surface area contributed by atoms with Gasteiger partial charge in [0, 0.05) is 5.56 Å². The molecule has 0 saturated carbocycles. The molecule has 0 aliphatic carbocycles. The maximum atomic E-state index is 12.5. The van der Waals surface area contributed by atoms with Crippen LogP contribution in [-0.2, 0) is 25.5 Å². The molecule has 1 aliphatic rings. The van der Waals surface area contributed by atoms with Crippen molar-refractivity contribution in [2.24, 2.45) is 11.8 Å². The highest BCUT2D eigenvalue weighted by atomic mass is 16.6. The Kier molecular flexibility index (Phi) is 5.74. The van der Waals surface area contributed by atoms with E-state index in [4.69, 9.17) is 9.47 Å². The standard InChI is InChI=1S/C19H22O6/c1-4-24-17(21)15-10-16(19(2,3)23)25-18(22)14(15)9-12-5-7-13(11-20)8-6-12/h5-8,10-11,14-15,23H,4,9H2,1-3H3/t14-,15-/m1/s1. The van der Waals surface area contributed by atoms with Gasteiger partial charge >= 0.3 is 11.9 Å². The zero-order chi connectivity index (χ0) is 18.6. The Morgan fingerprint density at radius 1 is 1.32 bits per heavy atom. The van der Waals surface area contributed by atoms with Crippen LogP contribution in [0.5, 0.6) is 0 Å². The minimum Gasteiger partial charge on any atom is -0.466 e. The van der Waals surface area contributed by atoms with Crippen LogP contribution in [0, 0.1) is 11.8 Å². The van der Waals surface area contributed by atoms with Gasteiger partial charge in [-0.1, -0.05) is 24.3 Å². The second kappa shape index (κ2) is 7.61. The summed E-state index contributed by atoms with van der Waals surface area (Å²) in [4.78, 5) is 35.5. The predicted octanol–water partition coefficient (Wildman–Crippen LogP) is 2.05. The monoisotopic (exact) mass is 346 g/mol. The second-order valence-electron chi connectivity index (χ2n) is 6.46. The summed E-state index contributed by atoms with van der Waals surface area (Å²) in [5.74, 6) is -2.67. The van der Waals surface area contributed by atoms with Gasteiger partial charge in [-0.05, 0) is 38.8 Å². The molecule has 25 heavy (non-hydrogen) atoms. The Balaban J connectivity index is 2.32. The maximum absolute atomic E-state index is 12.5. The third kappa shape index (κ3) is 4.54. The lowest BCUT2D eigenvalue weighted by Crippen LogP contribution is -2.40. The molecule has 1 aromatic rings. The number of aliphatic hydroxyl groups is 1. The number of ether oxygens (including phenoxy) is 2. The molecule has 6 nitrogen and oxygen atoms in total. The van der Waals surface area contributed by atoms with Gasteiger partial charge in [-0.2, -0.15) is 0 Å². The van der Waals surface area contributed by atoms with Crippen LogP contribution in [0.1, 0.15) is 36.7 Å². The van der Waals surface area contributed by atoms with Crippen LogP contribution in [0.15, 0.2) is 36.1 Å². The van der Waals surface area contributed by atoms with Gasteiger partial charge < -0.3 is 14.6 Å². The Labute approximate surface area is 146 Å². The molecule has 2 rings (SSSR count). The van der Waals surface area contributed by atoms with Gasteiger partial charge in [0.25, 0.3) is 0 Å². The van der Waals surface area contributed by atoms with E-state index in [-0.39, 0.29) is 18.8 Å². The van der Waals surface area contributed by atoms with Crippen LogP contribution in [0.4, 0.5) is 0 Å². The van der Waals surface area contributed by atoms with Crippen molar-refractivity contribution in [1.29, 1.82) is 0 Å². The summed E-state index contributed by atoms with van der Waals surface area (Å²) in [5.41, 5.74) is -0.0557. The molecule has 0 aromatic heterocycles. The summed E-state index contributed by atoms with van der Waals surface area (Å²) in [6, 6.07) is 6.75. The lowest BCUT2D eigenvalue weighted by atomic mass is 9.83. The van der Waals surface area contributed by atoms with Crippen molar-refractivity contribution in [2.45, 2.75) is 32.8 Å². The van der Waals surface area contributed by atoms with Crippen LogP contribution in [0.3, 0.4) is 0 Å². The van der Waals surface area contributed by atoms with E-state index in [1.54, 1.807) is 31.2 Å². The highest BCUT2D eigenvalue weighted by molar-refractivity contribution is 5.86. The zero-order valence-corrected chi connectivity index (χ0v) is 14.5. The minimum atomic E-state index is -1.38. The number of aldehydes is 1. The molecule has 134 valence electrons. The number of carbonyl (C=O) groups is 3. The van der Waals surface area contributed by atoms with Crippen molar-refractivity contribution in [3.63, 3.8) is 0 Å². The van der Waals surface area contributed by atoms with E-state index in [1.807, 2.05) is 0 Å². The molecule has 0 fully saturated rings. The molecule has 1 heterocycles. The van der Waals surface area contributed by atoms with Crippen molar-refractivity contribution in [3.8, 4) is 0 Å². The third-order valence-corrected chi connectivity index (χ3v) is 4.01. The molecule has 0 radical (unpaired) electrons. The fraction of sp³-hybridized carbons (Fsp3) is 0.421. The number of benzene rings is 1. The van der Waals surface area contributed by atoms with Gasteiger partial charge in [0.2, 0.25) is 0 Å². The van der Waals surface area contributed by atoms with E-state index in [0.29, 0.717) is 5.56 Å². The summed E-state index contributed by atoms with van der Waals surface area (Å²) in [6.45, 7) is 4.84. The van der Waals surface area contributed by atoms with E-state index in [9.17, 15) is 19.5 Å². The maximum Gasteiger partial charge on any atom is 0.315 e. The van der Waals surface area contributed by atoms with Gasteiger partial charge in [0.15, 0.2) is 0 Å². The van der Waals surface area contributed by atoms with Crippen molar-refractivity contribution in [3.05, 3.63) is 47.2 Å².